The van der Waals surface area contributed by atoms with Crippen molar-refractivity contribution in [3.8, 4) is 0 Å². The molecule has 0 spiro atoms. The summed E-state index contributed by atoms with van der Waals surface area (Å²) >= 11 is 3.46. The lowest BCUT2D eigenvalue weighted by molar-refractivity contribution is 0.102. The van der Waals surface area contributed by atoms with Gasteiger partial charge in [0.15, 0.2) is 0 Å². The van der Waals surface area contributed by atoms with Gasteiger partial charge in [-0.2, -0.15) is 0 Å². The van der Waals surface area contributed by atoms with Crippen LogP contribution in [0.3, 0.4) is 0 Å². The number of nitrogens with zero attached hydrogens (tertiary/aromatic N) is 2. The van der Waals surface area contributed by atoms with Crippen LogP contribution in [0.15, 0.2) is 47.1 Å². The molecular weight excluding hydrogens is 415 g/mol. The van der Waals surface area contributed by atoms with E-state index in [4.69, 9.17) is 4.42 Å². The van der Waals surface area contributed by atoms with E-state index in [0.29, 0.717) is 22.4 Å². The van der Waals surface area contributed by atoms with Gasteiger partial charge in [0.25, 0.3) is 5.91 Å². The summed E-state index contributed by atoms with van der Waals surface area (Å²) in [5.74, 6) is 0.602. The average Bonchev–Trinajstić information content (AvgIpc) is 3.17. The molecule has 0 saturated heterocycles. The maximum Gasteiger partial charge on any atom is 0.257 e. The first-order valence-corrected chi connectivity index (χ1v) is 8.27. The fourth-order valence-electron chi connectivity index (χ4n) is 1.69. The normalized spacial score (nSPS) is 10.4. The van der Waals surface area contributed by atoms with Crippen LogP contribution in [0.1, 0.15) is 16.1 Å². The number of benzene rings is 1. The van der Waals surface area contributed by atoms with Crippen molar-refractivity contribution < 1.29 is 9.21 Å². The second kappa shape index (κ2) is 6.88. The van der Waals surface area contributed by atoms with Gasteiger partial charge < -0.3 is 9.73 Å². The Hall–Kier alpha value is -1.94. The standard InChI is InChI=1S/C14H11IN4O2S/c15-10-5-3-9(4-6-10)12(20)17-14-19-18-13(22-14)16-8-11-2-1-7-21-11/h1-7H,8H2,(H,16,18)(H,17,19,20). The Kier molecular flexibility index (Phi) is 4.68. The van der Waals surface area contributed by atoms with E-state index < -0.39 is 0 Å². The molecule has 0 bridgehead atoms. The first-order valence-electron chi connectivity index (χ1n) is 6.37. The molecule has 0 aliphatic carbocycles. The molecule has 0 radical (unpaired) electrons. The predicted molar refractivity (Wildman–Crippen MR) is 93.1 cm³/mol. The number of aromatic nitrogens is 2. The number of carbonyl (C=O) groups is 1. The smallest absolute Gasteiger partial charge is 0.257 e. The molecule has 0 aliphatic heterocycles. The average molecular weight is 426 g/mol. The highest BCUT2D eigenvalue weighted by molar-refractivity contribution is 14.1. The third-order valence-corrected chi connectivity index (χ3v) is 4.26. The lowest BCUT2D eigenvalue weighted by atomic mass is 10.2. The Morgan fingerprint density at radius 1 is 1.18 bits per heavy atom. The van der Waals surface area contributed by atoms with Gasteiger partial charge in [0.1, 0.15) is 5.76 Å². The van der Waals surface area contributed by atoms with Crippen LogP contribution >= 0.6 is 33.9 Å². The van der Waals surface area contributed by atoms with Crippen molar-refractivity contribution in [2.75, 3.05) is 10.6 Å². The molecule has 2 aromatic heterocycles. The van der Waals surface area contributed by atoms with Crippen LogP contribution in [-0.2, 0) is 6.54 Å². The third kappa shape index (κ3) is 3.83. The molecule has 22 heavy (non-hydrogen) atoms. The van der Waals surface area contributed by atoms with Crippen molar-refractivity contribution in [1.29, 1.82) is 0 Å². The van der Waals surface area contributed by atoms with Crippen LogP contribution in [0.2, 0.25) is 0 Å². The lowest BCUT2D eigenvalue weighted by Gasteiger charge is -2.01. The number of halogens is 1. The van der Waals surface area contributed by atoms with Gasteiger partial charge in [0.2, 0.25) is 10.3 Å². The zero-order chi connectivity index (χ0) is 15.4. The van der Waals surface area contributed by atoms with Crippen LogP contribution in [-0.4, -0.2) is 16.1 Å². The number of furan rings is 1. The first kappa shape index (κ1) is 15.0. The molecule has 1 aromatic carbocycles. The van der Waals surface area contributed by atoms with E-state index in [1.165, 1.54) is 11.3 Å². The minimum Gasteiger partial charge on any atom is -0.467 e. The highest BCUT2D eigenvalue weighted by atomic mass is 127. The monoisotopic (exact) mass is 426 g/mol. The van der Waals surface area contributed by atoms with E-state index in [1.807, 2.05) is 24.3 Å². The molecule has 112 valence electrons. The molecular formula is C14H11IN4O2S. The zero-order valence-electron chi connectivity index (χ0n) is 11.2. The number of hydrogen-bond donors (Lipinski definition) is 2. The maximum atomic E-state index is 12.1. The van der Waals surface area contributed by atoms with Crippen molar-refractivity contribution in [3.63, 3.8) is 0 Å². The number of amides is 1. The minimum atomic E-state index is -0.204. The molecule has 1 amide bonds. The Bertz CT molecular complexity index is 756. The van der Waals surface area contributed by atoms with E-state index in [2.05, 4.69) is 43.4 Å². The Balaban J connectivity index is 1.59. The summed E-state index contributed by atoms with van der Waals surface area (Å²) in [5, 5.41) is 14.8. The van der Waals surface area contributed by atoms with E-state index in [-0.39, 0.29) is 5.91 Å². The van der Waals surface area contributed by atoms with E-state index >= 15 is 0 Å². The highest BCUT2D eigenvalue weighted by Gasteiger charge is 2.10. The van der Waals surface area contributed by atoms with Crippen LogP contribution in [0.25, 0.3) is 0 Å². The number of nitrogens with one attached hydrogen (secondary N) is 2. The van der Waals surface area contributed by atoms with Gasteiger partial charge in [-0.3, -0.25) is 10.1 Å². The molecule has 3 rings (SSSR count). The summed E-state index contributed by atoms with van der Waals surface area (Å²) in [7, 11) is 0. The Morgan fingerprint density at radius 2 is 1.95 bits per heavy atom. The first-order chi connectivity index (χ1) is 10.7. The number of anilines is 2. The van der Waals surface area contributed by atoms with Crippen LogP contribution in [0, 0.1) is 3.57 Å². The van der Waals surface area contributed by atoms with Crippen molar-refractivity contribution in [2.45, 2.75) is 6.54 Å². The molecule has 0 aliphatic rings. The van der Waals surface area contributed by atoms with Gasteiger partial charge in [0, 0.05) is 9.13 Å². The molecule has 0 fully saturated rings. The zero-order valence-corrected chi connectivity index (χ0v) is 14.2. The molecule has 2 N–H and O–H groups in total. The summed E-state index contributed by atoms with van der Waals surface area (Å²) in [5.41, 5.74) is 0.584. The number of hydrogen-bond acceptors (Lipinski definition) is 6. The lowest BCUT2D eigenvalue weighted by Crippen LogP contribution is -2.11. The summed E-state index contributed by atoms with van der Waals surface area (Å²) < 4.78 is 6.30. The van der Waals surface area contributed by atoms with Crippen LogP contribution < -0.4 is 10.6 Å². The summed E-state index contributed by atoms with van der Waals surface area (Å²) in [6, 6.07) is 11.0. The third-order valence-electron chi connectivity index (χ3n) is 2.75. The quantitative estimate of drug-likeness (QED) is 0.610. The van der Waals surface area contributed by atoms with Gasteiger partial charge in [0.05, 0.1) is 12.8 Å². The van der Waals surface area contributed by atoms with Gasteiger partial charge in [-0.1, -0.05) is 11.3 Å². The number of carbonyl (C=O) groups excluding carboxylic acids is 1. The molecule has 0 atom stereocenters. The van der Waals surface area contributed by atoms with E-state index in [1.54, 1.807) is 18.4 Å². The summed E-state index contributed by atoms with van der Waals surface area (Å²) in [6.45, 7) is 0.521. The molecule has 2 heterocycles. The van der Waals surface area contributed by atoms with Gasteiger partial charge in [-0.05, 0) is 59.0 Å². The van der Waals surface area contributed by atoms with Gasteiger partial charge >= 0.3 is 0 Å². The SMILES string of the molecule is O=C(Nc1nnc(NCc2ccco2)s1)c1ccc(I)cc1. The van der Waals surface area contributed by atoms with E-state index in [0.717, 1.165) is 9.33 Å². The van der Waals surface area contributed by atoms with Crippen LogP contribution in [0.5, 0.6) is 0 Å². The molecule has 3 aromatic rings. The second-order valence-corrected chi connectivity index (χ2v) is 6.53. The summed E-state index contributed by atoms with van der Waals surface area (Å²) in [6.07, 6.45) is 1.61. The molecule has 8 heteroatoms. The Morgan fingerprint density at radius 3 is 2.68 bits per heavy atom. The van der Waals surface area contributed by atoms with Gasteiger partial charge in [-0.15, -0.1) is 10.2 Å². The minimum absolute atomic E-state index is 0.204. The van der Waals surface area contributed by atoms with Crippen molar-refractivity contribution in [1.82, 2.24) is 10.2 Å². The molecule has 0 saturated carbocycles. The van der Waals surface area contributed by atoms with Crippen molar-refractivity contribution in [2.24, 2.45) is 0 Å². The van der Waals surface area contributed by atoms with E-state index in [9.17, 15) is 4.79 Å². The highest BCUT2D eigenvalue weighted by Crippen LogP contribution is 2.21. The van der Waals surface area contributed by atoms with Crippen molar-refractivity contribution in [3.05, 3.63) is 57.6 Å². The van der Waals surface area contributed by atoms with Gasteiger partial charge in [-0.25, -0.2) is 0 Å². The molecule has 6 nitrogen and oxygen atoms in total. The molecule has 0 unspecified atom stereocenters. The van der Waals surface area contributed by atoms with Crippen LogP contribution in [0.4, 0.5) is 10.3 Å². The second-order valence-electron chi connectivity index (χ2n) is 4.31. The fourth-order valence-corrected chi connectivity index (χ4v) is 2.69. The Labute approximate surface area is 144 Å². The largest absolute Gasteiger partial charge is 0.467 e. The maximum absolute atomic E-state index is 12.1. The predicted octanol–water partition coefficient (Wildman–Crippen LogP) is 3.60. The fraction of sp³-hybridized carbons (Fsp3) is 0.0714. The van der Waals surface area contributed by atoms with Crippen molar-refractivity contribution >= 4 is 50.1 Å². The number of rotatable bonds is 5. The summed E-state index contributed by atoms with van der Waals surface area (Å²) in [4.78, 5) is 12.1. The topological polar surface area (TPSA) is 80.0 Å².